The number of hydrogen-bond acceptors (Lipinski definition) is 5. The van der Waals surface area contributed by atoms with Crippen LogP contribution in [-0.4, -0.2) is 35.7 Å². The summed E-state index contributed by atoms with van der Waals surface area (Å²) < 4.78 is 6.28. The highest BCUT2D eigenvalue weighted by Crippen LogP contribution is 2.26. The number of ether oxygens (including phenoxy) is 1. The van der Waals surface area contributed by atoms with Crippen molar-refractivity contribution in [1.29, 1.82) is 0 Å². The topological polar surface area (TPSA) is 110 Å². The fraction of sp³-hybridized carbons (Fsp3) is 0.389. The van der Waals surface area contributed by atoms with Gasteiger partial charge in [-0.05, 0) is 24.1 Å². The van der Waals surface area contributed by atoms with Crippen molar-refractivity contribution in [1.82, 2.24) is 9.55 Å². The Morgan fingerprint density at radius 3 is 2.50 bits per heavy atom. The molecule has 0 unspecified atom stereocenters. The molecule has 2 aromatic rings. The minimum Gasteiger partial charge on any atom is -0.383 e. The lowest BCUT2D eigenvalue weighted by Gasteiger charge is -2.24. The lowest BCUT2D eigenvalue weighted by atomic mass is 10.1. The number of halogens is 2. The molecule has 2 rings (SSSR count). The van der Waals surface area contributed by atoms with Gasteiger partial charge in [0.05, 0.1) is 13.0 Å². The average Bonchev–Trinajstić information content (AvgIpc) is 2.64. The predicted molar refractivity (Wildman–Crippen MR) is 110 cm³/mol. The fourth-order valence-corrected chi connectivity index (χ4v) is 3.31. The molecule has 8 nitrogen and oxygen atoms in total. The quantitative estimate of drug-likeness (QED) is 0.668. The molecule has 1 aromatic carbocycles. The first kappa shape index (κ1) is 22.0. The van der Waals surface area contributed by atoms with Gasteiger partial charge in [0.15, 0.2) is 5.69 Å². The number of benzene rings is 1. The number of hydrogen-bond donors (Lipinski definition) is 2. The number of nitrogens with two attached hydrogens (primary N) is 1. The molecule has 0 bridgehead atoms. The summed E-state index contributed by atoms with van der Waals surface area (Å²) in [5.74, 6) is -0.531. The van der Waals surface area contributed by atoms with E-state index in [1.807, 2.05) is 6.92 Å². The van der Waals surface area contributed by atoms with Gasteiger partial charge in [-0.1, -0.05) is 36.2 Å². The fourth-order valence-electron chi connectivity index (χ4n) is 2.78. The van der Waals surface area contributed by atoms with Crippen LogP contribution in [0.1, 0.15) is 18.9 Å². The van der Waals surface area contributed by atoms with E-state index in [4.69, 9.17) is 33.7 Å². The number of nitrogens with zero attached hydrogens (tertiary/aromatic N) is 2. The van der Waals surface area contributed by atoms with Crippen molar-refractivity contribution in [3.05, 3.63) is 54.6 Å². The number of carbonyl (C=O) groups is 1. The molecule has 3 N–H and O–H groups in total. The molecular formula is C18H22Cl2N4O4. The van der Waals surface area contributed by atoms with Gasteiger partial charge >= 0.3 is 5.69 Å². The Morgan fingerprint density at radius 2 is 1.93 bits per heavy atom. The van der Waals surface area contributed by atoms with Gasteiger partial charge in [-0.3, -0.25) is 19.1 Å². The second-order valence-corrected chi connectivity index (χ2v) is 6.87. The van der Waals surface area contributed by atoms with Crippen molar-refractivity contribution in [3.63, 3.8) is 0 Å². The zero-order valence-electron chi connectivity index (χ0n) is 15.6. The zero-order chi connectivity index (χ0) is 20.8. The van der Waals surface area contributed by atoms with E-state index in [0.717, 1.165) is 0 Å². The van der Waals surface area contributed by atoms with Crippen molar-refractivity contribution in [2.75, 3.05) is 30.9 Å². The minimum absolute atomic E-state index is 0.0645. The van der Waals surface area contributed by atoms with Gasteiger partial charge < -0.3 is 15.4 Å². The van der Waals surface area contributed by atoms with Crippen molar-refractivity contribution >= 4 is 40.6 Å². The number of anilines is 2. The number of carbonyl (C=O) groups excluding carboxylic acids is 1. The lowest BCUT2D eigenvalue weighted by molar-refractivity contribution is -0.118. The van der Waals surface area contributed by atoms with Crippen molar-refractivity contribution in [2.45, 2.75) is 26.3 Å². The van der Waals surface area contributed by atoms with Crippen LogP contribution >= 0.6 is 23.2 Å². The number of methoxy groups -OCH3 is 1. The van der Waals surface area contributed by atoms with Crippen LogP contribution in [0.25, 0.3) is 0 Å². The summed E-state index contributed by atoms with van der Waals surface area (Å²) in [5, 5.41) is 0.677. The number of H-pyrrole nitrogens is 1. The Hall–Kier alpha value is -2.29. The van der Waals surface area contributed by atoms with Gasteiger partial charge in [-0.15, -0.1) is 0 Å². The van der Waals surface area contributed by atoms with Crippen LogP contribution in [0.15, 0.2) is 27.8 Å². The van der Waals surface area contributed by atoms with Gasteiger partial charge in [0.25, 0.3) is 5.56 Å². The summed E-state index contributed by atoms with van der Waals surface area (Å²) in [6.07, 6.45) is 0.477. The second-order valence-electron chi connectivity index (χ2n) is 6.06. The predicted octanol–water partition coefficient (Wildman–Crippen LogP) is 2.06. The van der Waals surface area contributed by atoms with Crippen LogP contribution in [0, 0.1) is 0 Å². The third-order valence-corrected chi connectivity index (χ3v) is 4.85. The summed E-state index contributed by atoms with van der Waals surface area (Å²) in [7, 11) is 1.47. The van der Waals surface area contributed by atoms with Gasteiger partial charge in [0.2, 0.25) is 5.91 Å². The monoisotopic (exact) mass is 428 g/mol. The van der Waals surface area contributed by atoms with E-state index in [1.165, 1.54) is 16.6 Å². The van der Waals surface area contributed by atoms with Crippen molar-refractivity contribution in [2.24, 2.45) is 0 Å². The van der Waals surface area contributed by atoms with E-state index in [0.29, 0.717) is 28.6 Å². The highest BCUT2D eigenvalue weighted by atomic mass is 35.5. The van der Waals surface area contributed by atoms with Gasteiger partial charge in [0, 0.05) is 30.2 Å². The van der Waals surface area contributed by atoms with Crippen LogP contribution < -0.4 is 21.9 Å². The first-order valence-electron chi connectivity index (χ1n) is 8.66. The van der Waals surface area contributed by atoms with Crippen LogP contribution in [0.2, 0.25) is 10.0 Å². The Morgan fingerprint density at radius 1 is 1.29 bits per heavy atom. The van der Waals surface area contributed by atoms with Gasteiger partial charge in [-0.25, -0.2) is 4.79 Å². The Balaban J connectivity index is 2.52. The van der Waals surface area contributed by atoms with Crippen molar-refractivity contribution in [3.8, 4) is 0 Å². The maximum Gasteiger partial charge on any atom is 0.330 e. The number of nitrogen functional groups attached to an aromatic ring is 1. The maximum atomic E-state index is 13.0. The number of aromatic nitrogens is 2. The Labute approximate surface area is 171 Å². The molecule has 1 amide bonds. The second kappa shape index (κ2) is 9.77. The van der Waals surface area contributed by atoms with E-state index in [2.05, 4.69) is 4.98 Å². The van der Waals surface area contributed by atoms with Gasteiger partial charge in [0.1, 0.15) is 5.82 Å². The summed E-state index contributed by atoms with van der Waals surface area (Å²) >= 11 is 12.3. The Kier molecular flexibility index (Phi) is 7.68. The van der Waals surface area contributed by atoms with E-state index in [1.54, 1.807) is 18.2 Å². The van der Waals surface area contributed by atoms with Crippen molar-refractivity contribution < 1.29 is 9.53 Å². The van der Waals surface area contributed by atoms with E-state index >= 15 is 0 Å². The molecule has 152 valence electrons. The molecule has 0 saturated carbocycles. The number of rotatable bonds is 8. The first-order valence-corrected chi connectivity index (χ1v) is 9.42. The van der Waals surface area contributed by atoms with E-state index in [-0.39, 0.29) is 31.1 Å². The highest BCUT2D eigenvalue weighted by Gasteiger charge is 2.25. The van der Waals surface area contributed by atoms with Crippen LogP contribution in [-0.2, 0) is 22.5 Å². The number of amides is 1. The normalized spacial score (nSPS) is 10.9. The molecule has 0 fully saturated rings. The SMILES string of the molecule is CCCn1c(N)c(N(CCOC)C(=O)Cc2c(Cl)cccc2Cl)c(=O)[nH]c1=O. The van der Waals surface area contributed by atoms with Gasteiger partial charge in [-0.2, -0.15) is 0 Å². The van der Waals surface area contributed by atoms with E-state index < -0.39 is 17.2 Å². The third kappa shape index (κ3) is 4.76. The molecular weight excluding hydrogens is 407 g/mol. The van der Waals surface area contributed by atoms with Crippen LogP contribution in [0.4, 0.5) is 11.5 Å². The minimum atomic E-state index is -0.746. The summed E-state index contributed by atoms with van der Waals surface area (Å²) in [6.45, 7) is 2.39. The lowest BCUT2D eigenvalue weighted by Crippen LogP contribution is -2.43. The number of nitrogens with one attached hydrogen (secondary N) is 1. The summed E-state index contributed by atoms with van der Waals surface area (Å²) in [6, 6.07) is 4.92. The molecule has 0 aliphatic rings. The molecule has 1 heterocycles. The Bertz CT molecular complexity index is 951. The molecule has 0 radical (unpaired) electrons. The molecule has 0 aliphatic heterocycles. The third-order valence-electron chi connectivity index (χ3n) is 4.14. The summed E-state index contributed by atoms with van der Waals surface area (Å²) in [4.78, 5) is 41.0. The summed E-state index contributed by atoms with van der Waals surface area (Å²) in [5.41, 5.74) is 5.06. The molecule has 1 aromatic heterocycles. The standard InChI is InChI=1S/C18H22Cl2N4O4/c1-3-7-24-16(21)15(17(26)22-18(24)27)23(8-9-28-2)14(25)10-11-12(19)5-4-6-13(11)20/h4-6H,3,7-10,21H2,1-2H3,(H,22,26,27). The highest BCUT2D eigenvalue weighted by molar-refractivity contribution is 6.36. The number of aromatic amines is 1. The molecule has 0 aliphatic carbocycles. The molecule has 28 heavy (non-hydrogen) atoms. The average molecular weight is 429 g/mol. The largest absolute Gasteiger partial charge is 0.383 e. The zero-order valence-corrected chi connectivity index (χ0v) is 17.1. The molecule has 0 spiro atoms. The van der Waals surface area contributed by atoms with E-state index in [9.17, 15) is 14.4 Å². The first-order chi connectivity index (χ1) is 13.3. The smallest absolute Gasteiger partial charge is 0.330 e. The maximum absolute atomic E-state index is 13.0. The molecule has 0 atom stereocenters. The van der Waals surface area contributed by atoms with Crippen LogP contribution in [0.3, 0.4) is 0 Å². The molecule has 10 heteroatoms. The van der Waals surface area contributed by atoms with Crippen LogP contribution in [0.5, 0.6) is 0 Å². The molecule has 0 saturated heterocycles.